The minimum atomic E-state index is -0.0139. The van der Waals surface area contributed by atoms with E-state index in [4.69, 9.17) is 14.2 Å². The van der Waals surface area contributed by atoms with E-state index in [1.165, 1.54) is 0 Å². The predicted molar refractivity (Wildman–Crippen MR) is 85.9 cm³/mol. The minimum Gasteiger partial charge on any atom is -0.493 e. The van der Waals surface area contributed by atoms with Gasteiger partial charge in [0.1, 0.15) is 0 Å². The molecule has 1 aliphatic carbocycles. The van der Waals surface area contributed by atoms with E-state index >= 15 is 0 Å². The number of urea groups is 1. The summed E-state index contributed by atoms with van der Waals surface area (Å²) in [5.41, 5.74) is 0.979. The number of carbonyl (C=O) groups is 1. The van der Waals surface area contributed by atoms with Gasteiger partial charge in [-0.1, -0.05) is 6.07 Å². The Balaban J connectivity index is 1.60. The lowest BCUT2D eigenvalue weighted by molar-refractivity contribution is -0.0383. The van der Waals surface area contributed by atoms with Crippen molar-refractivity contribution >= 4 is 6.03 Å². The molecule has 0 bridgehead atoms. The molecule has 2 atom stereocenters. The van der Waals surface area contributed by atoms with Crippen LogP contribution in [-0.4, -0.2) is 50.4 Å². The van der Waals surface area contributed by atoms with E-state index in [2.05, 4.69) is 5.32 Å². The van der Waals surface area contributed by atoms with Crippen molar-refractivity contribution in [1.29, 1.82) is 0 Å². The predicted octanol–water partition coefficient (Wildman–Crippen LogP) is 2.17. The minimum absolute atomic E-state index is 0.0139. The van der Waals surface area contributed by atoms with E-state index in [1.54, 1.807) is 14.2 Å². The average molecular weight is 320 g/mol. The van der Waals surface area contributed by atoms with Gasteiger partial charge >= 0.3 is 6.03 Å². The number of carbonyl (C=O) groups excluding carboxylic acids is 1. The molecule has 6 nitrogen and oxygen atoms in total. The summed E-state index contributed by atoms with van der Waals surface area (Å²) in [7, 11) is 3.21. The zero-order valence-electron chi connectivity index (χ0n) is 13.7. The van der Waals surface area contributed by atoms with Gasteiger partial charge in [-0.25, -0.2) is 4.79 Å². The van der Waals surface area contributed by atoms with Crippen LogP contribution >= 0.6 is 0 Å². The Kier molecular flexibility index (Phi) is 4.91. The molecule has 0 unspecified atom stereocenters. The molecule has 1 N–H and O–H groups in total. The molecule has 1 saturated heterocycles. The van der Waals surface area contributed by atoms with Gasteiger partial charge in [0.25, 0.3) is 0 Å². The van der Waals surface area contributed by atoms with E-state index < -0.39 is 0 Å². The Morgan fingerprint density at radius 2 is 2.13 bits per heavy atom. The topological polar surface area (TPSA) is 60.0 Å². The van der Waals surface area contributed by atoms with Crippen molar-refractivity contribution < 1.29 is 19.0 Å². The normalized spacial score (nSPS) is 23.3. The second-order valence-electron chi connectivity index (χ2n) is 5.95. The molecule has 6 heteroatoms. The van der Waals surface area contributed by atoms with Crippen molar-refractivity contribution in [3.8, 4) is 11.5 Å². The van der Waals surface area contributed by atoms with Crippen LogP contribution in [0, 0.1) is 0 Å². The summed E-state index contributed by atoms with van der Waals surface area (Å²) in [6, 6.07) is 5.88. The van der Waals surface area contributed by atoms with Crippen LogP contribution in [0.15, 0.2) is 18.2 Å². The number of nitrogens with zero attached hydrogens (tertiary/aromatic N) is 1. The van der Waals surface area contributed by atoms with Crippen LogP contribution in [0.5, 0.6) is 11.5 Å². The van der Waals surface area contributed by atoms with E-state index in [0.29, 0.717) is 31.2 Å². The van der Waals surface area contributed by atoms with E-state index in [-0.39, 0.29) is 18.2 Å². The fourth-order valence-electron chi connectivity index (χ4n) is 3.45. The largest absolute Gasteiger partial charge is 0.493 e. The summed E-state index contributed by atoms with van der Waals surface area (Å²) in [6.45, 7) is 1.76. The summed E-state index contributed by atoms with van der Waals surface area (Å²) in [4.78, 5) is 14.4. The molecular formula is C17H24N2O4. The van der Waals surface area contributed by atoms with Gasteiger partial charge in [-0.2, -0.15) is 0 Å². The van der Waals surface area contributed by atoms with Gasteiger partial charge in [-0.3, -0.25) is 0 Å². The van der Waals surface area contributed by atoms with Gasteiger partial charge in [-0.15, -0.1) is 0 Å². The number of ether oxygens (including phenoxy) is 3. The van der Waals surface area contributed by atoms with E-state index in [1.807, 2.05) is 23.1 Å². The standard InChI is InChI=1S/C17H24N2O4/c1-21-15-7-6-12(10-16(15)22-2)11-18-17(20)19-8-9-23-14-5-3-4-13(14)19/h6-7,10,13-14H,3-5,8-9,11H2,1-2H3,(H,18,20)/t13-,14+/m1/s1. The Labute approximate surface area is 136 Å². The Hall–Kier alpha value is -1.95. The zero-order chi connectivity index (χ0) is 16.2. The number of hydrogen-bond donors (Lipinski definition) is 1. The first kappa shape index (κ1) is 15.9. The lowest BCUT2D eigenvalue weighted by atomic mass is 10.1. The fourth-order valence-corrected chi connectivity index (χ4v) is 3.45. The third-order valence-electron chi connectivity index (χ3n) is 4.63. The van der Waals surface area contributed by atoms with Crippen molar-refractivity contribution in [2.45, 2.75) is 38.0 Å². The number of nitrogens with one attached hydrogen (secondary N) is 1. The van der Waals surface area contributed by atoms with Crippen LogP contribution < -0.4 is 14.8 Å². The molecule has 1 saturated carbocycles. The van der Waals surface area contributed by atoms with Crippen molar-refractivity contribution in [1.82, 2.24) is 10.2 Å². The molecule has 23 heavy (non-hydrogen) atoms. The molecule has 1 aromatic carbocycles. The quantitative estimate of drug-likeness (QED) is 0.923. The summed E-state index contributed by atoms with van der Waals surface area (Å²) in [5.74, 6) is 1.35. The average Bonchev–Trinajstić information content (AvgIpc) is 3.07. The first-order valence-corrected chi connectivity index (χ1v) is 8.10. The molecule has 1 aliphatic heterocycles. The molecular weight excluding hydrogens is 296 g/mol. The van der Waals surface area contributed by atoms with E-state index in [0.717, 1.165) is 24.8 Å². The monoisotopic (exact) mass is 320 g/mol. The first-order valence-electron chi connectivity index (χ1n) is 8.10. The maximum Gasteiger partial charge on any atom is 0.318 e. The molecule has 2 aliphatic rings. The number of morpholine rings is 1. The first-order chi connectivity index (χ1) is 11.2. The van der Waals surface area contributed by atoms with Gasteiger partial charge in [0, 0.05) is 13.1 Å². The molecule has 2 fully saturated rings. The van der Waals surface area contributed by atoms with Gasteiger partial charge in [0.05, 0.1) is 33.0 Å². The third kappa shape index (κ3) is 3.37. The van der Waals surface area contributed by atoms with Crippen LogP contribution in [0.4, 0.5) is 4.79 Å². The van der Waals surface area contributed by atoms with Crippen molar-refractivity contribution in [2.24, 2.45) is 0 Å². The van der Waals surface area contributed by atoms with Crippen molar-refractivity contribution in [2.75, 3.05) is 27.4 Å². The molecule has 3 rings (SSSR count). The second-order valence-corrected chi connectivity index (χ2v) is 5.95. The third-order valence-corrected chi connectivity index (χ3v) is 4.63. The molecule has 0 aromatic heterocycles. The summed E-state index contributed by atoms with van der Waals surface area (Å²) < 4.78 is 16.3. The van der Waals surface area contributed by atoms with Crippen LogP contribution in [0.3, 0.4) is 0 Å². The smallest absolute Gasteiger partial charge is 0.318 e. The van der Waals surface area contributed by atoms with Gasteiger partial charge < -0.3 is 24.4 Å². The molecule has 1 aromatic rings. The fraction of sp³-hybridized carbons (Fsp3) is 0.588. The molecule has 126 valence electrons. The summed E-state index contributed by atoms with van der Waals surface area (Å²) >= 11 is 0. The number of benzene rings is 1. The van der Waals surface area contributed by atoms with Crippen LogP contribution in [0.25, 0.3) is 0 Å². The lowest BCUT2D eigenvalue weighted by Crippen LogP contribution is -2.54. The number of hydrogen-bond acceptors (Lipinski definition) is 4. The van der Waals surface area contributed by atoms with Crippen LogP contribution in [-0.2, 0) is 11.3 Å². The second kappa shape index (κ2) is 7.08. The molecule has 2 amide bonds. The molecule has 0 spiro atoms. The SMILES string of the molecule is COc1ccc(CNC(=O)N2CCO[C@H]3CCC[C@H]32)cc1OC. The highest BCUT2D eigenvalue weighted by molar-refractivity contribution is 5.74. The Morgan fingerprint density at radius 1 is 1.30 bits per heavy atom. The highest BCUT2D eigenvalue weighted by Crippen LogP contribution is 2.30. The van der Waals surface area contributed by atoms with Crippen molar-refractivity contribution in [3.63, 3.8) is 0 Å². The van der Waals surface area contributed by atoms with Crippen LogP contribution in [0.1, 0.15) is 24.8 Å². The zero-order valence-corrected chi connectivity index (χ0v) is 13.7. The number of amides is 2. The molecule has 0 radical (unpaired) electrons. The summed E-state index contributed by atoms with van der Waals surface area (Å²) in [5, 5.41) is 3.01. The number of rotatable bonds is 4. The van der Waals surface area contributed by atoms with Gasteiger partial charge in [-0.05, 0) is 37.0 Å². The highest BCUT2D eigenvalue weighted by Gasteiger charge is 2.38. The highest BCUT2D eigenvalue weighted by atomic mass is 16.5. The number of fused-ring (bicyclic) bond motifs is 1. The molecule has 1 heterocycles. The van der Waals surface area contributed by atoms with Gasteiger partial charge in [0.2, 0.25) is 0 Å². The number of methoxy groups -OCH3 is 2. The van der Waals surface area contributed by atoms with Crippen LogP contribution in [0.2, 0.25) is 0 Å². The Morgan fingerprint density at radius 3 is 2.91 bits per heavy atom. The maximum atomic E-state index is 12.5. The van der Waals surface area contributed by atoms with E-state index in [9.17, 15) is 4.79 Å². The maximum absolute atomic E-state index is 12.5. The summed E-state index contributed by atoms with van der Waals surface area (Å²) in [6.07, 6.45) is 3.45. The van der Waals surface area contributed by atoms with Crippen molar-refractivity contribution in [3.05, 3.63) is 23.8 Å². The lowest BCUT2D eigenvalue weighted by Gasteiger charge is -2.37. The Bertz CT molecular complexity index is 564. The van der Waals surface area contributed by atoms with Gasteiger partial charge in [0.15, 0.2) is 11.5 Å².